The van der Waals surface area contributed by atoms with Crippen molar-refractivity contribution < 1.29 is 30.3 Å². The second kappa shape index (κ2) is 7.81. The molecule has 0 saturated carbocycles. The van der Waals surface area contributed by atoms with Crippen LogP contribution in [0.1, 0.15) is 27.0 Å². The molecule has 0 bridgehead atoms. The monoisotopic (exact) mass is 458 g/mol. The summed E-state index contributed by atoms with van der Waals surface area (Å²) in [6.45, 7) is 2.29. The van der Waals surface area contributed by atoms with Gasteiger partial charge in [-0.2, -0.15) is 0 Å². The van der Waals surface area contributed by atoms with E-state index < -0.39 is 11.9 Å². The number of benzene rings is 3. The topological polar surface area (TPSA) is 134 Å². The van der Waals surface area contributed by atoms with Crippen LogP contribution in [0.15, 0.2) is 60.7 Å². The van der Waals surface area contributed by atoms with Crippen LogP contribution in [-0.2, 0) is 12.4 Å². The number of aromatic carboxylic acids is 1. The van der Waals surface area contributed by atoms with E-state index in [1.807, 2.05) is 29.2 Å². The van der Waals surface area contributed by atoms with Crippen molar-refractivity contribution in [1.82, 2.24) is 4.98 Å². The van der Waals surface area contributed by atoms with Gasteiger partial charge in [-0.1, -0.05) is 30.3 Å². The molecule has 3 aromatic carbocycles. The van der Waals surface area contributed by atoms with Crippen LogP contribution in [0.5, 0.6) is 5.75 Å². The van der Waals surface area contributed by atoms with Gasteiger partial charge in [0.2, 0.25) is 0 Å². The minimum Gasteiger partial charge on any atom is -0.508 e. The molecule has 0 unspecified atom stereocenters. The van der Waals surface area contributed by atoms with Gasteiger partial charge in [0.15, 0.2) is 0 Å². The molecule has 4 aromatic rings. The van der Waals surface area contributed by atoms with Crippen LogP contribution in [0.4, 0.5) is 11.5 Å². The third-order valence-corrected chi connectivity index (χ3v) is 6.24. The Morgan fingerprint density at radius 3 is 2.53 bits per heavy atom. The maximum absolute atomic E-state index is 12.1. The lowest BCUT2D eigenvalue weighted by atomic mass is 9.96. The summed E-state index contributed by atoms with van der Waals surface area (Å²) in [6.07, 6.45) is 0.662. The van der Waals surface area contributed by atoms with Crippen LogP contribution >= 0.6 is 0 Å². The van der Waals surface area contributed by atoms with Crippen LogP contribution in [-0.4, -0.2) is 43.0 Å². The van der Waals surface area contributed by atoms with Crippen molar-refractivity contribution in [2.45, 2.75) is 19.3 Å². The Balaban J connectivity index is 1.66. The fraction of sp³-hybridized carbons (Fsp3) is 0.154. The molecule has 0 aliphatic carbocycles. The van der Waals surface area contributed by atoms with Crippen LogP contribution in [0.25, 0.3) is 22.0 Å². The normalized spacial score (nSPS) is 13.4. The van der Waals surface area contributed by atoms with Crippen molar-refractivity contribution >= 4 is 28.4 Å². The van der Waals surface area contributed by atoms with Crippen molar-refractivity contribution in [3.05, 3.63) is 82.9 Å². The largest absolute Gasteiger partial charge is 0.508 e. The molecule has 1 aliphatic heterocycles. The van der Waals surface area contributed by atoms with Gasteiger partial charge in [0.25, 0.3) is 0 Å². The lowest BCUT2D eigenvalue weighted by Gasteiger charge is -2.23. The number of carboxylic acids is 1. The number of aliphatic hydroxyl groups is 3. The molecule has 0 radical (unpaired) electrons. The Labute approximate surface area is 194 Å². The fourth-order valence-electron chi connectivity index (χ4n) is 4.69. The van der Waals surface area contributed by atoms with Gasteiger partial charge in [0.1, 0.15) is 11.6 Å². The Hall–Kier alpha value is -3.98. The summed E-state index contributed by atoms with van der Waals surface area (Å²) in [5.41, 5.74) is 4.47. The molecular weight excluding hydrogens is 436 g/mol. The van der Waals surface area contributed by atoms with Crippen LogP contribution in [0, 0.1) is 6.92 Å². The first-order valence-corrected chi connectivity index (χ1v) is 10.7. The number of hydrogen-bond donors (Lipinski definition) is 5. The molecule has 0 saturated heterocycles. The average Bonchev–Trinajstić information content (AvgIpc) is 3.22. The Kier molecular flexibility index (Phi) is 5.02. The molecule has 8 heteroatoms. The number of aromatic hydroxyl groups is 1. The molecule has 0 atom stereocenters. The minimum absolute atomic E-state index is 0.0278. The Bertz CT molecular complexity index is 1460. The molecule has 0 spiro atoms. The van der Waals surface area contributed by atoms with Gasteiger partial charge < -0.3 is 30.4 Å². The summed E-state index contributed by atoms with van der Waals surface area (Å²) in [7, 11) is 0. The fourth-order valence-corrected chi connectivity index (χ4v) is 4.69. The quantitative estimate of drug-likeness (QED) is 0.294. The van der Waals surface area contributed by atoms with Crippen molar-refractivity contribution in [2.75, 3.05) is 11.4 Å². The highest BCUT2D eigenvalue weighted by molar-refractivity contribution is 6.06. The number of anilines is 2. The van der Waals surface area contributed by atoms with E-state index in [2.05, 4.69) is 0 Å². The minimum atomic E-state index is -2.94. The highest BCUT2D eigenvalue weighted by Gasteiger charge is 2.29. The molecule has 5 rings (SSSR count). The van der Waals surface area contributed by atoms with Gasteiger partial charge in [-0.05, 0) is 60.4 Å². The predicted molar refractivity (Wildman–Crippen MR) is 126 cm³/mol. The SMILES string of the molecule is Cc1c(N2CCc3c(-c4cccc(C(O)(O)O)c4)cccc32)nc2ccc(O)cc2c1C(=O)O. The van der Waals surface area contributed by atoms with E-state index in [1.165, 1.54) is 24.3 Å². The lowest BCUT2D eigenvalue weighted by molar-refractivity contribution is -0.323. The second-order valence-corrected chi connectivity index (χ2v) is 8.36. The van der Waals surface area contributed by atoms with Crippen LogP contribution in [0.2, 0.25) is 0 Å². The molecule has 1 aromatic heterocycles. The van der Waals surface area contributed by atoms with E-state index in [0.717, 1.165) is 16.8 Å². The number of carbonyl (C=O) groups is 1. The molecule has 1 aliphatic rings. The number of pyridine rings is 1. The van der Waals surface area contributed by atoms with Gasteiger partial charge in [-0.25, -0.2) is 9.78 Å². The molecule has 8 nitrogen and oxygen atoms in total. The van der Waals surface area contributed by atoms with Gasteiger partial charge in [-0.3, -0.25) is 0 Å². The van der Waals surface area contributed by atoms with Crippen molar-refractivity contribution in [1.29, 1.82) is 0 Å². The van der Waals surface area contributed by atoms with Crippen molar-refractivity contribution in [2.24, 2.45) is 0 Å². The average molecular weight is 458 g/mol. The molecule has 0 fully saturated rings. The number of carboxylic acid groups (broad SMARTS) is 1. The van der Waals surface area contributed by atoms with Gasteiger partial charge in [0.05, 0.1) is 11.1 Å². The van der Waals surface area contributed by atoms with Crippen molar-refractivity contribution in [3.8, 4) is 16.9 Å². The maximum Gasteiger partial charge on any atom is 0.336 e. The molecule has 2 heterocycles. The summed E-state index contributed by atoms with van der Waals surface area (Å²) in [5, 5.41) is 48.9. The van der Waals surface area contributed by atoms with Crippen molar-refractivity contribution in [3.63, 3.8) is 0 Å². The van der Waals surface area contributed by atoms with E-state index in [1.54, 1.807) is 19.1 Å². The summed E-state index contributed by atoms with van der Waals surface area (Å²) in [6, 6.07) is 16.6. The standard InChI is InChI=1S/C26H22N2O6/c1-14-23(25(30)31)20-13-17(29)8-9-21(20)27-24(14)28-11-10-19-18(6-3-7-22(19)28)15-4-2-5-16(12-15)26(32,33)34/h2-9,12-13,29,32-34H,10-11H2,1H3,(H,30,31). The summed E-state index contributed by atoms with van der Waals surface area (Å²) >= 11 is 0. The number of nitrogens with zero attached hydrogens (tertiary/aromatic N) is 2. The molecule has 5 N–H and O–H groups in total. The summed E-state index contributed by atoms with van der Waals surface area (Å²) in [5.74, 6) is -3.53. The zero-order chi connectivity index (χ0) is 24.2. The number of phenolic OH excluding ortho intramolecular Hbond substituents is 1. The zero-order valence-corrected chi connectivity index (χ0v) is 18.2. The number of aromatic nitrogens is 1. The lowest BCUT2D eigenvalue weighted by Crippen LogP contribution is -2.23. The van der Waals surface area contributed by atoms with Gasteiger partial charge >= 0.3 is 11.9 Å². The van der Waals surface area contributed by atoms with E-state index in [9.17, 15) is 30.3 Å². The number of hydrogen-bond acceptors (Lipinski definition) is 7. The van der Waals surface area contributed by atoms with Gasteiger partial charge in [-0.15, -0.1) is 0 Å². The van der Waals surface area contributed by atoms with E-state index in [4.69, 9.17) is 4.98 Å². The molecule has 172 valence electrons. The Morgan fingerprint density at radius 1 is 1.03 bits per heavy atom. The van der Waals surface area contributed by atoms with E-state index in [-0.39, 0.29) is 16.9 Å². The first kappa shape index (κ1) is 21.8. The highest BCUT2D eigenvalue weighted by atomic mass is 16.7. The maximum atomic E-state index is 12.1. The summed E-state index contributed by atoms with van der Waals surface area (Å²) < 4.78 is 0. The number of phenols is 1. The zero-order valence-electron chi connectivity index (χ0n) is 18.2. The van der Waals surface area contributed by atoms with E-state index in [0.29, 0.717) is 40.8 Å². The predicted octanol–water partition coefficient (Wildman–Crippen LogP) is 3.40. The molecular formula is C26H22N2O6. The van der Waals surface area contributed by atoms with Gasteiger partial charge in [0, 0.05) is 28.7 Å². The van der Waals surface area contributed by atoms with Crippen LogP contribution < -0.4 is 4.90 Å². The van der Waals surface area contributed by atoms with E-state index >= 15 is 0 Å². The number of fused-ring (bicyclic) bond motifs is 2. The first-order chi connectivity index (χ1) is 16.1. The first-order valence-electron chi connectivity index (χ1n) is 10.7. The molecule has 0 amide bonds. The second-order valence-electron chi connectivity index (χ2n) is 8.36. The number of rotatable bonds is 4. The van der Waals surface area contributed by atoms with Crippen LogP contribution in [0.3, 0.4) is 0 Å². The Morgan fingerprint density at radius 2 is 1.79 bits per heavy atom. The third-order valence-electron chi connectivity index (χ3n) is 6.24. The smallest absolute Gasteiger partial charge is 0.336 e. The third kappa shape index (κ3) is 3.54. The molecule has 34 heavy (non-hydrogen) atoms. The summed E-state index contributed by atoms with van der Waals surface area (Å²) in [4.78, 5) is 18.8. The highest BCUT2D eigenvalue weighted by Crippen LogP contribution is 2.42.